The zero-order chi connectivity index (χ0) is 12.8. The highest BCUT2D eigenvalue weighted by atomic mass is 16.5. The minimum Gasteiger partial charge on any atom is -0.469 e. The van der Waals surface area contributed by atoms with Crippen molar-refractivity contribution in [2.75, 3.05) is 27.2 Å². The fraction of sp³-hybridized carbons (Fsp3) is 0.833. The summed E-state index contributed by atoms with van der Waals surface area (Å²) >= 11 is 0. The predicted octanol–water partition coefficient (Wildman–Crippen LogP) is 0.396. The van der Waals surface area contributed by atoms with E-state index in [-0.39, 0.29) is 23.8 Å². The molecule has 2 atom stereocenters. The van der Waals surface area contributed by atoms with Crippen molar-refractivity contribution < 1.29 is 14.3 Å². The van der Waals surface area contributed by atoms with Crippen LogP contribution >= 0.6 is 0 Å². The first-order valence-electron chi connectivity index (χ1n) is 6.12. The number of esters is 1. The molecule has 1 saturated heterocycles. The molecule has 0 radical (unpaired) electrons. The molecule has 1 amide bonds. The van der Waals surface area contributed by atoms with E-state index < -0.39 is 0 Å². The lowest BCUT2D eigenvalue weighted by Gasteiger charge is -2.37. The highest BCUT2D eigenvalue weighted by Gasteiger charge is 2.29. The van der Waals surface area contributed by atoms with Gasteiger partial charge in [0.15, 0.2) is 0 Å². The Balaban J connectivity index is 2.59. The van der Waals surface area contributed by atoms with Gasteiger partial charge >= 0.3 is 5.97 Å². The first kappa shape index (κ1) is 14.0. The van der Waals surface area contributed by atoms with Gasteiger partial charge in [0.1, 0.15) is 0 Å². The van der Waals surface area contributed by atoms with Crippen molar-refractivity contribution >= 4 is 11.9 Å². The van der Waals surface area contributed by atoms with E-state index in [1.54, 1.807) is 0 Å². The second kappa shape index (κ2) is 6.59. The Morgan fingerprint density at radius 2 is 2.12 bits per heavy atom. The molecule has 1 aliphatic rings. The summed E-state index contributed by atoms with van der Waals surface area (Å²) in [5.74, 6) is 0.152. The minimum atomic E-state index is -0.198. The zero-order valence-electron chi connectivity index (χ0n) is 10.9. The van der Waals surface area contributed by atoms with Crippen LogP contribution in [0, 0.1) is 5.92 Å². The fourth-order valence-corrected chi connectivity index (χ4v) is 2.31. The summed E-state index contributed by atoms with van der Waals surface area (Å²) in [6, 6.07) is 0.272. The van der Waals surface area contributed by atoms with Crippen molar-refractivity contribution in [3.8, 4) is 0 Å². The molecule has 0 aliphatic carbocycles. The molecule has 1 aliphatic heterocycles. The van der Waals surface area contributed by atoms with Gasteiger partial charge < -0.3 is 15.0 Å². The third kappa shape index (κ3) is 4.00. The van der Waals surface area contributed by atoms with Gasteiger partial charge in [-0.25, -0.2) is 0 Å². The average Bonchev–Trinajstić information content (AvgIpc) is 2.36. The van der Waals surface area contributed by atoms with Crippen LogP contribution in [0.5, 0.6) is 0 Å². The Hall–Kier alpha value is -1.10. The predicted molar refractivity (Wildman–Crippen MR) is 64.5 cm³/mol. The van der Waals surface area contributed by atoms with E-state index in [9.17, 15) is 9.59 Å². The van der Waals surface area contributed by atoms with E-state index in [1.807, 2.05) is 18.9 Å². The highest BCUT2D eigenvalue weighted by molar-refractivity contribution is 5.76. The molecule has 1 N–H and O–H groups in total. The van der Waals surface area contributed by atoms with E-state index in [0.29, 0.717) is 19.4 Å². The molecule has 0 bridgehead atoms. The molecular weight excluding hydrogens is 220 g/mol. The Labute approximate surface area is 102 Å². The lowest BCUT2D eigenvalue weighted by Crippen LogP contribution is -2.50. The minimum absolute atomic E-state index is 0.153. The van der Waals surface area contributed by atoms with Crippen LogP contribution in [0.25, 0.3) is 0 Å². The van der Waals surface area contributed by atoms with Gasteiger partial charge in [-0.3, -0.25) is 9.59 Å². The van der Waals surface area contributed by atoms with Gasteiger partial charge in [-0.1, -0.05) is 6.92 Å². The Morgan fingerprint density at radius 3 is 2.65 bits per heavy atom. The smallest absolute Gasteiger partial charge is 0.305 e. The van der Waals surface area contributed by atoms with Crippen LogP contribution in [0.3, 0.4) is 0 Å². The van der Waals surface area contributed by atoms with Gasteiger partial charge in [-0.05, 0) is 19.4 Å². The molecule has 0 saturated carbocycles. The molecule has 98 valence electrons. The molecule has 0 aromatic carbocycles. The number of likely N-dealkylation sites (N-methyl/N-ethyl adjacent to an activating group) is 1. The second-order valence-electron chi connectivity index (χ2n) is 4.52. The molecule has 17 heavy (non-hydrogen) atoms. The second-order valence-corrected chi connectivity index (χ2v) is 4.52. The van der Waals surface area contributed by atoms with E-state index in [1.165, 1.54) is 7.11 Å². The summed E-state index contributed by atoms with van der Waals surface area (Å²) in [4.78, 5) is 24.8. The molecule has 5 heteroatoms. The number of carbonyl (C=O) groups excluding carboxylic acids is 2. The average molecular weight is 242 g/mol. The van der Waals surface area contributed by atoms with Crippen molar-refractivity contribution in [1.82, 2.24) is 10.2 Å². The SMILES string of the molecule is CCC(=O)N1CC(CC(=O)OC)CC(NC)C1. The molecule has 2 unspecified atom stereocenters. The number of hydrogen-bond donors (Lipinski definition) is 1. The molecular formula is C12H22N2O3. The number of rotatable bonds is 4. The van der Waals surface area contributed by atoms with Crippen molar-refractivity contribution in [2.24, 2.45) is 5.92 Å². The van der Waals surface area contributed by atoms with E-state index in [0.717, 1.165) is 13.0 Å². The topological polar surface area (TPSA) is 58.6 Å². The first-order valence-corrected chi connectivity index (χ1v) is 6.12. The van der Waals surface area contributed by atoms with Crippen LogP contribution in [0.4, 0.5) is 0 Å². The highest BCUT2D eigenvalue weighted by Crippen LogP contribution is 2.21. The van der Waals surface area contributed by atoms with Crippen molar-refractivity contribution in [2.45, 2.75) is 32.2 Å². The van der Waals surface area contributed by atoms with Gasteiger partial charge in [0.05, 0.1) is 13.5 Å². The lowest BCUT2D eigenvalue weighted by molar-refractivity contribution is -0.143. The first-order chi connectivity index (χ1) is 8.10. The largest absolute Gasteiger partial charge is 0.469 e. The summed E-state index contributed by atoms with van der Waals surface area (Å²) in [6.07, 6.45) is 1.82. The monoisotopic (exact) mass is 242 g/mol. The summed E-state index contributed by atoms with van der Waals surface area (Å²) < 4.78 is 4.68. The number of piperidine rings is 1. The molecule has 0 spiro atoms. The Kier molecular flexibility index (Phi) is 5.41. The molecule has 5 nitrogen and oxygen atoms in total. The number of methoxy groups -OCH3 is 1. The number of amides is 1. The maximum absolute atomic E-state index is 11.7. The van der Waals surface area contributed by atoms with Gasteiger partial charge in [0, 0.05) is 25.6 Å². The van der Waals surface area contributed by atoms with Crippen molar-refractivity contribution in [3.63, 3.8) is 0 Å². The maximum Gasteiger partial charge on any atom is 0.305 e. The number of nitrogens with one attached hydrogen (secondary N) is 1. The van der Waals surface area contributed by atoms with Crippen LogP contribution < -0.4 is 5.32 Å². The summed E-state index contributed by atoms with van der Waals surface area (Å²) in [5.41, 5.74) is 0. The van der Waals surface area contributed by atoms with E-state index in [4.69, 9.17) is 0 Å². The van der Waals surface area contributed by atoms with Gasteiger partial charge in [0.25, 0.3) is 0 Å². The molecule has 1 heterocycles. The van der Waals surface area contributed by atoms with Crippen LogP contribution in [0.15, 0.2) is 0 Å². The molecule has 0 aromatic heterocycles. The standard InChI is InChI=1S/C12H22N2O3/c1-4-11(15)14-7-9(6-12(16)17-3)5-10(8-14)13-2/h9-10,13H,4-8H2,1-3H3. The number of ether oxygens (including phenoxy) is 1. The molecule has 1 fully saturated rings. The number of nitrogens with zero attached hydrogens (tertiary/aromatic N) is 1. The van der Waals surface area contributed by atoms with Crippen LogP contribution in [0.1, 0.15) is 26.2 Å². The Bertz CT molecular complexity index is 281. The van der Waals surface area contributed by atoms with E-state index in [2.05, 4.69) is 10.1 Å². The molecule has 0 aromatic rings. The maximum atomic E-state index is 11.7. The fourth-order valence-electron chi connectivity index (χ4n) is 2.31. The third-order valence-electron chi connectivity index (χ3n) is 3.28. The van der Waals surface area contributed by atoms with Crippen LogP contribution in [0.2, 0.25) is 0 Å². The van der Waals surface area contributed by atoms with Crippen LogP contribution in [-0.2, 0) is 14.3 Å². The zero-order valence-corrected chi connectivity index (χ0v) is 10.9. The van der Waals surface area contributed by atoms with Crippen molar-refractivity contribution in [3.05, 3.63) is 0 Å². The van der Waals surface area contributed by atoms with Gasteiger partial charge in [0.2, 0.25) is 5.91 Å². The summed E-state index contributed by atoms with van der Waals surface area (Å²) in [6.45, 7) is 3.27. The van der Waals surface area contributed by atoms with E-state index >= 15 is 0 Å². The summed E-state index contributed by atoms with van der Waals surface area (Å²) in [7, 11) is 3.29. The number of likely N-dealkylation sites (tertiary alicyclic amines) is 1. The normalized spacial score (nSPS) is 24.5. The molecule has 1 rings (SSSR count). The number of carbonyl (C=O) groups is 2. The van der Waals surface area contributed by atoms with Gasteiger partial charge in [-0.15, -0.1) is 0 Å². The van der Waals surface area contributed by atoms with Crippen molar-refractivity contribution in [1.29, 1.82) is 0 Å². The third-order valence-corrected chi connectivity index (χ3v) is 3.28. The quantitative estimate of drug-likeness (QED) is 0.725. The number of hydrogen-bond acceptors (Lipinski definition) is 4. The Morgan fingerprint density at radius 1 is 1.41 bits per heavy atom. The van der Waals surface area contributed by atoms with Gasteiger partial charge in [-0.2, -0.15) is 0 Å². The lowest BCUT2D eigenvalue weighted by atomic mass is 9.91. The summed E-state index contributed by atoms with van der Waals surface area (Å²) in [5, 5.41) is 3.19. The van der Waals surface area contributed by atoms with Crippen LogP contribution in [-0.4, -0.2) is 50.1 Å².